The maximum Gasteiger partial charge on any atom is 0.103 e. The molecule has 1 heterocycles. The minimum Gasteiger partial charge on any atom is -0.389 e. The Morgan fingerprint density at radius 3 is 2.28 bits per heavy atom. The Balaban J connectivity index is 1.76. The molecule has 2 nitrogen and oxygen atoms in total. The van der Waals surface area contributed by atoms with Crippen LogP contribution in [0.15, 0.2) is 24.3 Å². The van der Waals surface area contributed by atoms with E-state index in [1.807, 2.05) is 12.1 Å². The monoisotopic (exact) mass is 260 g/mol. The molecule has 1 aliphatic carbocycles. The summed E-state index contributed by atoms with van der Waals surface area (Å²) in [6.45, 7) is 2.45. The van der Waals surface area contributed by atoms with Gasteiger partial charge >= 0.3 is 0 Å². The third-order valence-corrected chi connectivity index (χ3v) is 4.60. The topological polar surface area (TPSA) is 29.3 Å². The summed E-state index contributed by atoms with van der Waals surface area (Å²) >= 11 is 4.99. The van der Waals surface area contributed by atoms with Crippen molar-refractivity contribution < 1.29 is 0 Å². The number of hydrogen-bond donors (Lipinski definition) is 1. The van der Waals surface area contributed by atoms with Gasteiger partial charge in [0, 0.05) is 24.3 Å². The molecule has 2 unspecified atom stereocenters. The summed E-state index contributed by atoms with van der Waals surface area (Å²) in [4.78, 5) is 3.03. The largest absolute Gasteiger partial charge is 0.389 e. The van der Waals surface area contributed by atoms with Gasteiger partial charge in [-0.1, -0.05) is 18.6 Å². The van der Waals surface area contributed by atoms with E-state index in [-0.39, 0.29) is 0 Å². The molecule has 2 atom stereocenters. The highest BCUT2D eigenvalue weighted by Gasteiger charge is 2.30. The van der Waals surface area contributed by atoms with Gasteiger partial charge in [-0.15, -0.1) is 0 Å². The number of fused-ring (bicyclic) bond motifs is 2. The van der Waals surface area contributed by atoms with Gasteiger partial charge in [0.1, 0.15) is 4.99 Å². The summed E-state index contributed by atoms with van der Waals surface area (Å²) in [6, 6.07) is 8.41. The Morgan fingerprint density at radius 1 is 1.11 bits per heavy atom. The predicted molar refractivity (Wildman–Crippen MR) is 80.0 cm³/mol. The number of piperidine rings is 1. The van der Waals surface area contributed by atoms with E-state index in [0.717, 1.165) is 17.4 Å². The van der Waals surface area contributed by atoms with Crippen molar-refractivity contribution in [2.24, 2.45) is 17.6 Å². The molecule has 1 saturated heterocycles. The Bertz CT molecular complexity index is 428. The second kappa shape index (κ2) is 4.88. The highest BCUT2D eigenvalue weighted by atomic mass is 32.1. The van der Waals surface area contributed by atoms with Crippen LogP contribution in [0, 0.1) is 11.8 Å². The summed E-state index contributed by atoms with van der Waals surface area (Å²) < 4.78 is 0. The maximum absolute atomic E-state index is 5.63. The van der Waals surface area contributed by atoms with Crippen molar-refractivity contribution in [3.8, 4) is 0 Å². The molecule has 0 aromatic heterocycles. The molecule has 1 aromatic rings. The molecule has 2 N–H and O–H groups in total. The second-order valence-electron chi connectivity index (χ2n) is 5.71. The van der Waals surface area contributed by atoms with Gasteiger partial charge in [-0.25, -0.2) is 0 Å². The molecular formula is C15H20N2S. The van der Waals surface area contributed by atoms with Crippen molar-refractivity contribution >= 4 is 22.9 Å². The third kappa shape index (κ3) is 2.37. The fourth-order valence-corrected chi connectivity index (χ4v) is 3.62. The van der Waals surface area contributed by atoms with Crippen molar-refractivity contribution in [1.82, 2.24) is 0 Å². The van der Waals surface area contributed by atoms with Crippen LogP contribution in [0.3, 0.4) is 0 Å². The summed E-state index contributed by atoms with van der Waals surface area (Å²) in [5, 5.41) is 0. The molecule has 0 amide bonds. The van der Waals surface area contributed by atoms with Crippen LogP contribution in [-0.2, 0) is 0 Å². The Labute approximate surface area is 114 Å². The van der Waals surface area contributed by atoms with Crippen LogP contribution in [-0.4, -0.2) is 18.1 Å². The number of benzene rings is 1. The summed E-state index contributed by atoms with van der Waals surface area (Å²) in [6.07, 6.45) is 5.71. The molecule has 1 aliphatic heterocycles. The molecule has 2 fully saturated rings. The van der Waals surface area contributed by atoms with Gasteiger partial charge in [-0.05, 0) is 55.4 Å². The molecule has 2 bridgehead atoms. The molecular weight excluding hydrogens is 240 g/mol. The summed E-state index contributed by atoms with van der Waals surface area (Å²) in [7, 11) is 0. The summed E-state index contributed by atoms with van der Waals surface area (Å²) in [5.41, 5.74) is 7.92. The van der Waals surface area contributed by atoms with Gasteiger partial charge in [0.15, 0.2) is 0 Å². The van der Waals surface area contributed by atoms with Crippen LogP contribution >= 0.6 is 12.2 Å². The lowest BCUT2D eigenvalue weighted by Gasteiger charge is -2.42. The van der Waals surface area contributed by atoms with E-state index < -0.39 is 0 Å². The number of rotatable bonds is 2. The third-order valence-electron chi connectivity index (χ3n) is 4.37. The van der Waals surface area contributed by atoms with E-state index >= 15 is 0 Å². The lowest BCUT2D eigenvalue weighted by atomic mass is 9.78. The highest BCUT2D eigenvalue weighted by Crippen LogP contribution is 2.36. The van der Waals surface area contributed by atoms with Gasteiger partial charge in [0.05, 0.1) is 0 Å². The molecule has 3 heteroatoms. The Kier molecular flexibility index (Phi) is 3.25. The summed E-state index contributed by atoms with van der Waals surface area (Å²) in [5.74, 6) is 1.82. The lowest BCUT2D eigenvalue weighted by Crippen LogP contribution is -2.42. The number of nitrogens with two attached hydrogens (primary N) is 1. The second-order valence-corrected chi connectivity index (χ2v) is 6.15. The van der Waals surface area contributed by atoms with Crippen LogP contribution in [0.5, 0.6) is 0 Å². The molecule has 0 spiro atoms. The van der Waals surface area contributed by atoms with Crippen LogP contribution in [0.2, 0.25) is 0 Å². The standard InChI is InChI=1S/C15H20N2S/c16-15(18)13-4-6-14(7-5-13)17-9-11-2-1-3-12(8-11)10-17/h4-7,11-12H,1-3,8-10H2,(H2,16,18). The van der Waals surface area contributed by atoms with Crippen molar-refractivity contribution in [1.29, 1.82) is 0 Å². The normalized spacial score (nSPS) is 27.0. The smallest absolute Gasteiger partial charge is 0.103 e. The van der Waals surface area contributed by atoms with E-state index in [1.165, 1.54) is 44.5 Å². The molecule has 2 aliphatic rings. The number of nitrogens with zero attached hydrogens (tertiary/aromatic N) is 1. The average Bonchev–Trinajstić information content (AvgIpc) is 2.38. The van der Waals surface area contributed by atoms with Crippen LogP contribution in [0.1, 0.15) is 31.2 Å². The number of anilines is 1. The van der Waals surface area contributed by atoms with Crippen molar-refractivity contribution in [3.05, 3.63) is 29.8 Å². The average molecular weight is 260 g/mol. The van der Waals surface area contributed by atoms with E-state index in [0.29, 0.717) is 4.99 Å². The number of hydrogen-bond acceptors (Lipinski definition) is 2. The number of thiocarbonyl (C=S) groups is 1. The first-order chi connectivity index (χ1) is 8.72. The van der Waals surface area contributed by atoms with E-state index in [9.17, 15) is 0 Å². The zero-order valence-corrected chi connectivity index (χ0v) is 11.5. The van der Waals surface area contributed by atoms with Gasteiger partial charge < -0.3 is 10.6 Å². The molecule has 96 valence electrons. The first kappa shape index (κ1) is 12.0. The molecule has 18 heavy (non-hydrogen) atoms. The van der Waals surface area contributed by atoms with Crippen LogP contribution in [0.25, 0.3) is 0 Å². The minimum absolute atomic E-state index is 0.483. The van der Waals surface area contributed by atoms with Gasteiger partial charge in [-0.2, -0.15) is 0 Å². The first-order valence-electron chi connectivity index (χ1n) is 6.87. The fraction of sp³-hybridized carbons (Fsp3) is 0.533. The van der Waals surface area contributed by atoms with E-state index in [1.54, 1.807) is 0 Å². The molecule has 0 radical (unpaired) electrons. The molecule has 1 saturated carbocycles. The zero-order chi connectivity index (χ0) is 12.5. The van der Waals surface area contributed by atoms with Gasteiger partial charge in [0.2, 0.25) is 0 Å². The SMILES string of the molecule is NC(=S)c1ccc(N2CC3CCCC(C3)C2)cc1. The van der Waals surface area contributed by atoms with Gasteiger partial charge in [0.25, 0.3) is 0 Å². The quantitative estimate of drug-likeness (QED) is 0.829. The molecule has 1 aromatic carbocycles. The predicted octanol–water partition coefficient (Wildman–Crippen LogP) is 2.95. The van der Waals surface area contributed by atoms with Crippen LogP contribution in [0.4, 0.5) is 5.69 Å². The first-order valence-corrected chi connectivity index (χ1v) is 7.28. The fourth-order valence-electron chi connectivity index (χ4n) is 3.48. The van der Waals surface area contributed by atoms with Crippen molar-refractivity contribution in [2.75, 3.05) is 18.0 Å². The minimum atomic E-state index is 0.483. The van der Waals surface area contributed by atoms with E-state index in [2.05, 4.69) is 17.0 Å². The maximum atomic E-state index is 5.63. The van der Waals surface area contributed by atoms with Crippen molar-refractivity contribution in [3.63, 3.8) is 0 Å². The molecule has 3 rings (SSSR count). The van der Waals surface area contributed by atoms with Gasteiger partial charge in [-0.3, -0.25) is 0 Å². The Morgan fingerprint density at radius 2 is 1.72 bits per heavy atom. The van der Waals surface area contributed by atoms with E-state index in [4.69, 9.17) is 18.0 Å². The van der Waals surface area contributed by atoms with Crippen LogP contribution < -0.4 is 10.6 Å². The zero-order valence-electron chi connectivity index (χ0n) is 10.6. The highest BCUT2D eigenvalue weighted by molar-refractivity contribution is 7.80. The lowest BCUT2D eigenvalue weighted by molar-refractivity contribution is 0.231. The van der Waals surface area contributed by atoms with Crippen molar-refractivity contribution in [2.45, 2.75) is 25.7 Å². The Hall–Kier alpha value is -1.09.